The van der Waals surface area contributed by atoms with E-state index in [2.05, 4.69) is 76.6 Å². The summed E-state index contributed by atoms with van der Waals surface area (Å²) < 4.78 is 13.9. The summed E-state index contributed by atoms with van der Waals surface area (Å²) in [5, 5.41) is 0. The van der Waals surface area contributed by atoms with E-state index < -0.39 is 5.92 Å². The molecule has 0 spiro atoms. The van der Waals surface area contributed by atoms with E-state index in [0.717, 1.165) is 56.5 Å². The lowest BCUT2D eigenvalue weighted by atomic mass is 9.63. The van der Waals surface area contributed by atoms with Gasteiger partial charge >= 0.3 is 0 Å². The molecule has 0 radical (unpaired) electrons. The lowest BCUT2D eigenvalue weighted by Gasteiger charge is -2.49. The second kappa shape index (κ2) is 12.2. The fraction of sp³-hybridized carbons (Fsp3) is 0.368. The van der Waals surface area contributed by atoms with Gasteiger partial charge in [0.15, 0.2) is 23.1 Å². The number of carbonyl (C=O) groups is 2. The lowest BCUT2D eigenvalue weighted by molar-refractivity contribution is -0.119. The van der Waals surface area contributed by atoms with Crippen LogP contribution in [0, 0.1) is 10.8 Å². The SMILES string of the molecule is COc1cc(C2C3=C(CC(C)(C)CC3=O)N(Cc3ccccc3)C3=C2C(=O)CC(C)(C)C3)cc(Br)c1OCc1ccccc1Br. The largest absolute Gasteiger partial charge is 0.493 e. The number of carbonyl (C=O) groups excluding carboxylic acids is 2. The molecule has 1 heterocycles. The Labute approximate surface area is 282 Å². The fourth-order valence-corrected chi connectivity index (χ4v) is 8.12. The van der Waals surface area contributed by atoms with Gasteiger partial charge in [0.05, 0.1) is 11.6 Å². The Morgan fingerprint density at radius 1 is 0.778 bits per heavy atom. The van der Waals surface area contributed by atoms with Crippen molar-refractivity contribution in [1.82, 2.24) is 4.90 Å². The number of Topliss-reactive ketones (excluding diaryl/α,β-unsaturated/α-hetero) is 2. The van der Waals surface area contributed by atoms with Gasteiger partial charge in [-0.2, -0.15) is 0 Å². The Kier molecular flexibility index (Phi) is 8.64. The zero-order valence-corrected chi connectivity index (χ0v) is 29.7. The van der Waals surface area contributed by atoms with Crippen LogP contribution in [0.2, 0.25) is 0 Å². The van der Waals surface area contributed by atoms with Gasteiger partial charge in [0.25, 0.3) is 0 Å². The molecule has 5 nitrogen and oxygen atoms in total. The normalized spacial score (nSPS) is 19.4. The lowest BCUT2D eigenvalue weighted by Crippen LogP contribution is -2.44. The van der Waals surface area contributed by atoms with Gasteiger partial charge in [-0.15, -0.1) is 0 Å². The average molecular weight is 734 g/mol. The third-order valence-corrected chi connectivity index (χ3v) is 10.5. The van der Waals surface area contributed by atoms with Crippen molar-refractivity contribution in [2.45, 2.75) is 72.4 Å². The van der Waals surface area contributed by atoms with Crippen LogP contribution in [0.1, 0.15) is 76.0 Å². The molecular formula is C38H39Br2NO4. The molecule has 0 amide bonds. The summed E-state index contributed by atoms with van der Waals surface area (Å²) in [6, 6.07) is 22.2. The van der Waals surface area contributed by atoms with Gasteiger partial charge in [-0.3, -0.25) is 9.59 Å². The number of rotatable bonds is 7. The molecule has 1 aliphatic heterocycles. The van der Waals surface area contributed by atoms with E-state index in [1.807, 2.05) is 54.6 Å². The monoisotopic (exact) mass is 731 g/mol. The first-order chi connectivity index (χ1) is 21.4. The number of hydrogen-bond acceptors (Lipinski definition) is 5. The van der Waals surface area contributed by atoms with Crippen molar-refractivity contribution >= 4 is 43.4 Å². The van der Waals surface area contributed by atoms with Crippen molar-refractivity contribution in [1.29, 1.82) is 0 Å². The number of halogens is 2. The van der Waals surface area contributed by atoms with Crippen LogP contribution in [-0.2, 0) is 22.7 Å². The number of ketones is 2. The number of methoxy groups -OCH3 is 1. The number of hydrogen-bond donors (Lipinski definition) is 0. The van der Waals surface area contributed by atoms with Crippen LogP contribution in [0.3, 0.4) is 0 Å². The van der Waals surface area contributed by atoms with Crippen LogP contribution in [0.4, 0.5) is 0 Å². The summed E-state index contributed by atoms with van der Waals surface area (Å²) in [4.78, 5) is 30.8. The summed E-state index contributed by atoms with van der Waals surface area (Å²) in [5.41, 5.74) is 6.20. The molecule has 7 heteroatoms. The first kappa shape index (κ1) is 31.8. The Morgan fingerprint density at radius 2 is 1.36 bits per heavy atom. The van der Waals surface area contributed by atoms with Crippen molar-refractivity contribution in [2.75, 3.05) is 7.11 Å². The van der Waals surface area contributed by atoms with Crippen molar-refractivity contribution in [3.63, 3.8) is 0 Å². The average Bonchev–Trinajstić information content (AvgIpc) is 2.97. The summed E-state index contributed by atoms with van der Waals surface area (Å²) in [6.45, 7) is 9.64. The molecule has 0 saturated heterocycles. The fourth-order valence-electron chi connectivity index (χ4n) is 7.15. The van der Waals surface area contributed by atoms with E-state index in [9.17, 15) is 9.59 Å². The highest BCUT2D eigenvalue weighted by Crippen LogP contribution is 2.56. The number of ether oxygens (including phenoxy) is 2. The van der Waals surface area contributed by atoms with Crippen LogP contribution in [0.25, 0.3) is 0 Å². The molecule has 0 aromatic heterocycles. The molecule has 0 saturated carbocycles. The number of nitrogens with zero attached hydrogens (tertiary/aromatic N) is 1. The van der Waals surface area contributed by atoms with E-state index >= 15 is 0 Å². The van der Waals surface area contributed by atoms with E-state index in [0.29, 0.717) is 42.0 Å². The zero-order chi connectivity index (χ0) is 32.1. The van der Waals surface area contributed by atoms with Gasteiger partial charge in [0.1, 0.15) is 6.61 Å². The highest BCUT2D eigenvalue weighted by Gasteiger charge is 2.49. The van der Waals surface area contributed by atoms with Gasteiger partial charge in [-0.25, -0.2) is 0 Å². The van der Waals surface area contributed by atoms with Crippen LogP contribution in [0.5, 0.6) is 11.5 Å². The van der Waals surface area contributed by atoms with Crippen molar-refractivity contribution in [2.24, 2.45) is 10.8 Å². The van der Waals surface area contributed by atoms with Gasteiger partial charge in [0, 0.05) is 57.9 Å². The van der Waals surface area contributed by atoms with E-state index in [1.165, 1.54) is 0 Å². The molecule has 3 aromatic rings. The molecule has 0 unspecified atom stereocenters. The van der Waals surface area contributed by atoms with Crippen molar-refractivity contribution in [3.8, 4) is 11.5 Å². The molecule has 0 atom stereocenters. The molecule has 234 valence electrons. The summed E-state index contributed by atoms with van der Waals surface area (Å²) >= 11 is 7.37. The van der Waals surface area contributed by atoms with Crippen molar-refractivity contribution < 1.29 is 19.1 Å². The third kappa shape index (κ3) is 6.31. The Hall–Kier alpha value is -3.16. The molecular weight excluding hydrogens is 694 g/mol. The summed E-state index contributed by atoms with van der Waals surface area (Å²) in [5.74, 6) is 0.871. The molecule has 2 aliphatic carbocycles. The first-order valence-corrected chi connectivity index (χ1v) is 17.0. The summed E-state index contributed by atoms with van der Waals surface area (Å²) in [6.07, 6.45) is 2.40. The summed E-state index contributed by atoms with van der Waals surface area (Å²) in [7, 11) is 1.62. The predicted molar refractivity (Wildman–Crippen MR) is 184 cm³/mol. The van der Waals surface area contributed by atoms with Crippen LogP contribution < -0.4 is 9.47 Å². The highest BCUT2D eigenvalue weighted by atomic mass is 79.9. The molecule has 3 aliphatic rings. The van der Waals surface area contributed by atoms with Gasteiger partial charge in [-0.05, 0) is 68.9 Å². The standard InChI is InChI=1S/C38H39Br2NO4/c1-37(2)17-28-34(30(42)19-37)33(25-15-27(40)36(32(16-25)44-5)45-22-24-13-9-10-14-26(24)39)35-29(18-38(3,4)20-31(35)43)41(28)21-23-11-7-6-8-12-23/h6-16,33H,17-22H2,1-5H3. The first-order valence-electron chi connectivity index (χ1n) is 15.4. The Morgan fingerprint density at radius 3 is 1.93 bits per heavy atom. The van der Waals surface area contributed by atoms with Crippen LogP contribution >= 0.6 is 31.9 Å². The molecule has 0 bridgehead atoms. The second-order valence-electron chi connectivity index (χ2n) is 14.0. The molecule has 0 fully saturated rings. The highest BCUT2D eigenvalue weighted by molar-refractivity contribution is 9.10. The Bertz CT molecular complexity index is 1680. The van der Waals surface area contributed by atoms with Gasteiger partial charge < -0.3 is 14.4 Å². The minimum Gasteiger partial charge on any atom is -0.493 e. The zero-order valence-electron chi connectivity index (χ0n) is 26.5. The topological polar surface area (TPSA) is 55.8 Å². The molecule has 3 aromatic carbocycles. The Balaban J connectivity index is 1.51. The van der Waals surface area contributed by atoms with E-state index in [1.54, 1.807) is 7.11 Å². The number of allylic oxidation sites excluding steroid dienone is 4. The van der Waals surface area contributed by atoms with E-state index in [-0.39, 0.29) is 22.4 Å². The maximum atomic E-state index is 14.2. The minimum absolute atomic E-state index is 0.109. The molecule has 6 rings (SSSR count). The number of benzene rings is 3. The quantitative estimate of drug-likeness (QED) is 0.242. The maximum Gasteiger partial charge on any atom is 0.175 e. The third-order valence-electron chi connectivity index (χ3n) is 9.12. The van der Waals surface area contributed by atoms with Gasteiger partial charge in [-0.1, -0.05) is 92.2 Å². The maximum absolute atomic E-state index is 14.2. The predicted octanol–water partition coefficient (Wildman–Crippen LogP) is 9.68. The van der Waals surface area contributed by atoms with Gasteiger partial charge in [0.2, 0.25) is 0 Å². The smallest absolute Gasteiger partial charge is 0.175 e. The second-order valence-corrected chi connectivity index (χ2v) is 15.7. The minimum atomic E-state index is -0.475. The van der Waals surface area contributed by atoms with Crippen LogP contribution in [0.15, 0.2) is 98.2 Å². The molecule has 0 N–H and O–H groups in total. The molecule has 45 heavy (non-hydrogen) atoms. The van der Waals surface area contributed by atoms with Crippen LogP contribution in [-0.4, -0.2) is 23.6 Å². The van der Waals surface area contributed by atoms with E-state index in [4.69, 9.17) is 9.47 Å². The van der Waals surface area contributed by atoms with Crippen molar-refractivity contribution in [3.05, 3.63) is 115 Å².